The van der Waals surface area contributed by atoms with E-state index in [0.29, 0.717) is 23.9 Å². The molecular formula is C18H18O6. The van der Waals surface area contributed by atoms with E-state index >= 15 is 0 Å². The first-order valence-corrected chi connectivity index (χ1v) is 7.41. The Morgan fingerprint density at radius 3 is 2.67 bits per heavy atom. The molecule has 0 aromatic heterocycles. The number of hydrogen-bond donors (Lipinski definition) is 0. The Morgan fingerprint density at radius 2 is 1.88 bits per heavy atom. The molecule has 6 nitrogen and oxygen atoms in total. The average Bonchev–Trinajstić information content (AvgIpc) is 2.99. The van der Waals surface area contributed by atoms with E-state index in [1.807, 2.05) is 18.2 Å². The van der Waals surface area contributed by atoms with Crippen LogP contribution in [0, 0.1) is 0 Å². The summed E-state index contributed by atoms with van der Waals surface area (Å²) in [4.78, 5) is 11.9. The molecule has 1 aliphatic rings. The Hall–Kier alpha value is -2.57. The Kier molecular flexibility index (Phi) is 4.98. The van der Waals surface area contributed by atoms with Crippen molar-refractivity contribution in [1.29, 1.82) is 0 Å². The number of ether oxygens (including phenoxy) is 5. The quantitative estimate of drug-likeness (QED) is 0.599. The van der Waals surface area contributed by atoms with E-state index in [-0.39, 0.29) is 19.0 Å². The smallest absolute Gasteiger partial charge is 0.231 e. The fourth-order valence-electron chi connectivity index (χ4n) is 2.57. The lowest BCUT2D eigenvalue weighted by Gasteiger charge is -2.12. The first-order valence-electron chi connectivity index (χ1n) is 7.41. The Balaban J connectivity index is 2.07. The van der Waals surface area contributed by atoms with Gasteiger partial charge in [0, 0.05) is 12.7 Å². The molecule has 0 unspecified atom stereocenters. The molecule has 0 saturated heterocycles. The van der Waals surface area contributed by atoms with Gasteiger partial charge in [0.25, 0.3) is 0 Å². The lowest BCUT2D eigenvalue weighted by Crippen LogP contribution is -2.01. The van der Waals surface area contributed by atoms with E-state index in [1.54, 1.807) is 19.2 Å². The molecule has 0 atom stereocenters. The molecule has 1 aliphatic heterocycles. The molecule has 126 valence electrons. The zero-order valence-electron chi connectivity index (χ0n) is 13.5. The summed E-state index contributed by atoms with van der Waals surface area (Å²) >= 11 is 0. The highest BCUT2D eigenvalue weighted by Gasteiger charge is 2.21. The van der Waals surface area contributed by atoms with Crippen LogP contribution in [0.15, 0.2) is 41.2 Å². The number of hydrogen-bond acceptors (Lipinski definition) is 6. The van der Waals surface area contributed by atoms with Crippen molar-refractivity contribution in [2.45, 2.75) is 6.61 Å². The van der Waals surface area contributed by atoms with Crippen LogP contribution in [0.3, 0.4) is 0 Å². The highest BCUT2D eigenvalue weighted by molar-refractivity contribution is 5.72. The van der Waals surface area contributed by atoms with Gasteiger partial charge in [0.15, 0.2) is 17.2 Å². The molecule has 0 spiro atoms. The molecule has 0 N–H and O–H groups in total. The first-order chi connectivity index (χ1) is 11.7. The van der Waals surface area contributed by atoms with Gasteiger partial charge in [-0.25, -0.2) is 0 Å². The summed E-state index contributed by atoms with van der Waals surface area (Å²) in [6.45, 7) is 0.651. The fourth-order valence-corrected chi connectivity index (χ4v) is 2.57. The first kappa shape index (κ1) is 16.3. The van der Waals surface area contributed by atoms with E-state index in [4.69, 9.17) is 23.7 Å². The molecule has 0 bridgehead atoms. The average molecular weight is 330 g/mol. The molecule has 6 heteroatoms. The van der Waals surface area contributed by atoms with Crippen molar-refractivity contribution >= 4 is 0 Å². The van der Waals surface area contributed by atoms with Crippen LogP contribution in [-0.2, 0) is 16.1 Å². The molecule has 0 fully saturated rings. The van der Waals surface area contributed by atoms with Crippen LogP contribution in [0.2, 0.25) is 0 Å². The molecular weight excluding hydrogens is 312 g/mol. The summed E-state index contributed by atoms with van der Waals surface area (Å²) in [5.74, 6) is 1.63. The van der Waals surface area contributed by atoms with Gasteiger partial charge in [0.1, 0.15) is 6.79 Å². The summed E-state index contributed by atoms with van der Waals surface area (Å²) < 4.78 is 26.5. The van der Waals surface area contributed by atoms with Gasteiger partial charge in [-0.1, -0.05) is 18.2 Å². The zero-order chi connectivity index (χ0) is 16.9. The summed E-state index contributed by atoms with van der Waals surface area (Å²) in [7, 11) is 3.04. The minimum atomic E-state index is -0.179. The summed E-state index contributed by atoms with van der Waals surface area (Å²) in [5.41, 5.74) is 2.42. The van der Waals surface area contributed by atoms with Crippen molar-refractivity contribution in [3.63, 3.8) is 0 Å². The SMILES string of the molecule is COCOCc1c(-c2ccc(OC)c(=O)cc2)ccc2c1OCO2. The number of benzene rings is 1. The predicted octanol–water partition coefficient (Wildman–Crippen LogP) is 2.57. The molecule has 0 aliphatic carbocycles. The fraction of sp³-hybridized carbons (Fsp3) is 0.278. The molecule has 0 amide bonds. The van der Waals surface area contributed by atoms with Crippen LogP contribution in [0.5, 0.6) is 17.2 Å². The monoisotopic (exact) mass is 330 g/mol. The van der Waals surface area contributed by atoms with Gasteiger partial charge >= 0.3 is 0 Å². The van der Waals surface area contributed by atoms with Gasteiger partial charge in [-0.15, -0.1) is 0 Å². The lowest BCUT2D eigenvalue weighted by molar-refractivity contribution is -0.0394. The van der Waals surface area contributed by atoms with E-state index in [9.17, 15) is 4.79 Å². The van der Waals surface area contributed by atoms with Crippen LogP contribution < -0.4 is 19.6 Å². The number of methoxy groups -OCH3 is 2. The molecule has 24 heavy (non-hydrogen) atoms. The predicted molar refractivity (Wildman–Crippen MR) is 87.5 cm³/mol. The van der Waals surface area contributed by atoms with Gasteiger partial charge in [-0.3, -0.25) is 4.79 Å². The van der Waals surface area contributed by atoms with Crippen molar-refractivity contribution in [1.82, 2.24) is 0 Å². The number of fused-ring (bicyclic) bond motifs is 1. The highest BCUT2D eigenvalue weighted by Crippen LogP contribution is 2.41. The standard InChI is InChI=1S/C18H18O6/c1-20-10-22-9-14-13(5-8-17-18(14)24-11-23-17)12-3-6-15(19)16(21-2)7-4-12/h3-8H,9-11H2,1-2H3. The highest BCUT2D eigenvalue weighted by atomic mass is 16.7. The van der Waals surface area contributed by atoms with Gasteiger partial charge < -0.3 is 23.7 Å². The molecule has 0 radical (unpaired) electrons. The third kappa shape index (κ3) is 3.20. The van der Waals surface area contributed by atoms with Crippen molar-refractivity contribution < 1.29 is 23.7 Å². The van der Waals surface area contributed by atoms with Gasteiger partial charge in [-0.2, -0.15) is 0 Å². The van der Waals surface area contributed by atoms with Gasteiger partial charge in [0.05, 0.1) is 13.7 Å². The zero-order valence-corrected chi connectivity index (χ0v) is 13.5. The normalized spacial score (nSPS) is 12.2. The second kappa shape index (κ2) is 7.33. The topological polar surface area (TPSA) is 63.2 Å². The van der Waals surface area contributed by atoms with E-state index in [0.717, 1.165) is 16.7 Å². The van der Waals surface area contributed by atoms with Crippen molar-refractivity contribution in [3.8, 4) is 28.4 Å². The molecule has 1 heterocycles. The summed E-state index contributed by atoms with van der Waals surface area (Å²) in [6.07, 6.45) is 0. The molecule has 3 rings (SSSR count). The van der Waals surface area contributed by atoms with Crippen molar-refractivity contribution in [2.75, 3.05) is 27.8 Å². The second-order valence-corrected chi connectivity index (χ2v) is 5.14. The molecule has 2 aromatic carbocycles. The third-order valence-corrected chi connectivity index (χ3v) is 3.69. The maximum atomic E-state index is 11.9. The minimum Gasteiger partial charge on any atom is -0.493 e. The molecule has 2 aromatic rings. The lowest BCUT2D eigenvalue weighted by atomic mass is 10.00. The van der Waals surface area contributed by atoms with Crippen LogP contribution in [-0.4, -0.2) is 27.8 Å². The third-order valence-electron chi connectivity index (χ3n) is 3.69. The maximum Gasteiger partial charge on any atom is 0.231 e. The van der Waals surface area contributed by atoms with Crippen LogP contribution in [0.25, 0.3) is 11.1 Å². The van der Waals surface area contributed by atoms with E-state index < -0.39 is 0 Å². The van der Waals surface area contributed by atoms with Crippen LogP contribution >= 0.6 is 0 Å². The van der Waals surface area contributed by atoms with Crippen molar-refractivity contribution in [3.05, 3.63) is 52.2 Å². The summed E-state index contributed by atoms with van der Waals surface area (Å²) in [6, 6.07) is 10.5. The molecule has 0 saturated carbocycles. The summed E-state index contributed by atoms with van der Waals surface area (Å²) in [5, 5.41) is 0. The van der Waals surface area contributed by atoms with Gasteiger partial charge in [0.2, 0.25) is 12.2 Å². The minimum absolute atomic E-state index is 0.172. The van der Waals surface area contributed by atoms with E-state index in [1.165, 1.54) is 13.2 Å². The van der Waals surface area contributed by atoms with Crippen LogP contribution in [0.1, 0.15) is 5.56 Å². The van der Waals surface area contributed by atoms with Crippen LogP contribution in [0.4, 0.5) is 0 Å². The van der Waals surface area contributed by atoms with Crippen molar-refractivity contribution in [2.24, 2.45) is 0 Å². The number of rotatable bonds is 6. The Morgan fingerprint density at radius 1 is 1.04 bits per heavy atom. The second-order valence-electron chi connectivity index (χ2n) is 5.14. The Labute approximate surface area is 139 Å². The Bertz CT molecular complexity index is 787. The van der Waals surface area contributed by atoms with E-state index in [2.05, 4.69) is 0 Å². The maximum absolute atomic E-state index is 11.9. The van der Waals surface area contributed by atoms with Gasteiger partial charge in [-0.05, 0) is 29.3 Å². The largest absolute Gasteiger partial charge is 0.493 e.